The van der Waals surface area contributed by atoms with Crippen molar-refractivity contribution in [2.45, 2.75) is 39.2 Å². The van der Waals surface area contributed by atoms with Crippen molar-refractivity contribution >= 4 is 23.4 Å². The molecule has 0 saturated heterocycles. The van der Waals surface area contributed by atoms with Crippen molar-refractivity contribution in [3.8, 4) is 0 Å². The number of anilines is 1. The maximum Gasteiger partial charge on any atom is 0.272 e. The average molecular weight is 296 g/mol. The Labute approximate surface area is 125 Å². The van der Waals surface area contributed by atoms with Crippen LogP contribution < -0.4 is 10.6 Å². The van der Waals surface area contributed by atoms with Crippen LogP contribution in [-0.2, 0) is 0 Å². The summed E-state index contributed by atoms with van der Waals surface area (Å²) in [7, 11) is 1.77. The van der Waals surface area contributed by atoms with Gasteiger partial charge in [0.05, 0.1) is 11.9 Å². The molecule has 1 rings (SSSR count). The van der Waals surface area contributed by atoms with E-state index >= 15 is 0 Å². The van der Waals surface area contributed by atoms with E-state index in [2.05, 4.69) is 26.9 Å². The molecule has 20 heavy (non-hydrogen) atoms. The molecule has 1 unspecified atom stereocenters. The molecule has 0 radical (unpaired) electrons. The summed E-state index contributed by atoms with van der Waals surface area (Å²) in [6, 6.07) is 0.136. The number of nitrogens with zero attached hydrogens (tertiary/aromatic N) is 2. The maximum atomic E-state index is 12.3. The number of thioether (sulfide) groups is 1. The third-order valence-electron chi connectivity index (χ3n) is 2.94. The Bertz CT molecular complexity index is 451. The van der Waals surface area contributed by atoms with Gasteiger partial charge in [0.1, 0.15) is 5.82 Å². The first-order valence-electron chi connectivity index (χ1n) is 6.84. The monoisotopic (exact) mass is 296 g/mol. The summed E-state index contributed by atoms with van der Waals surface area (Å²) in [6.45, 7) is 6.03. The largest absolute Gasteiger partial charge is 0.385 e. The van der Waals surface area contributed by atoms with Crippen LogP contribution in [0.3, 0.4) is 0 Å². The molecule has 5 nitrogen and oxygen atoms in total. The van der Waals surface area contributed by atoms with Gasteiger partial charge in [-0.3, -0.25) is 4.79 Å². The molecule has 1 amide bonds. The molecule has 0 aliphatic heterocycles. The first-order chi connectivity index (χ1) is 9.49. The molecule has 2 N–H and O–H groups in total. The van der Waals surface area contributed by atoms with Gasteiger partial charge in [0.2, 0.25) is 0 Å². The molecule has 112 valence electrons. The number of hydrogen-bond acceptors (Lipinski definition) is 5. The number of aromatic nitrogens is 2. The Balaban J connectivity index is 2.87. The smallest absolute Gasteiger partial charge is 0.272 e. The quantitative estimate of drug-likeness (QED) is 0.809. The van der Waals surface area contributed by atoms with Crippen molar-refractivity contribution in [2.75, 3.05) is 24.4 Å². The van der Waals surface area contributed by atoms with Gasteiger partial charge in [0.15, 0.2) is 5.69 Å². The third-order valence-corrected chi connectivity index (χ3v) is 3.58. The van der Waals surface area contributed by atoms with Gasteiger partial charge < -0.3 is 10.6 Å². The van der Waals surface area contributed by atoms with E-state index in [-0.39, 0.29) is 17.9 Å². The molecule has 6 heteroatoms. The second-order valence-corrected chi connectivity index (χ2v) is 6.04. The van der Waals surface area contributed by atoms with Crippen LogP contribution >= 0.6 is 11.8 Å². The molecular formula is C14H24N4OS. The van der Waals surface area contributed by atoms with Gasteiger partial charge in [0.25, 0.3) is 5.91 Å². The fourth-order valence-corrected chi connectivity index (χ4v) is 2.28. The number of amides is 1. The van der Waals surface area contributed by atoms with Crippen molar-refractivity contribution < 1.29 is 4.79 Å². The van der Waals surface area contributed by atoms with Crippen molar-refractivity contribution in [1.82, 2.24) is 15.3 Å². The molecule has 0 aromatic carbocycles. The summed E-state index contributed by atoms with van der Waals surface area (Å²) in [6.07, 6.45) is 4.68. The van der Waals surface area contributed by atoms with E-state index in [9.17, 15) is 4.79 Å². The molecule has 1 heterocycles. The highest BCUT2D eigenvalue weighted by atomic mass is 32.2. The molecule has 1 aromatic heterocycles. The van der Waals surface area contributed by atoms with Crippen LogP contribution in [-0.4, -0.2) is 41.0 Å². The van der Waals surface area contributed by atoms with Gasteiger partial charge in [-0.15, -0.1) is 0 Å². The molecule has 1 atom stereocenters. The summed E-state index contributed by atoms with van der Waals surface area (Å²) >= 11 is 1.78. The van der Waals surface area contributed by atoms with E-state index in [1.165, 1.54) is 0 Å². The lowest BCUT2D eigenvalue weighted by atomic mass is 10.2. The zero-order chi connectivity index (χ0) is 15.1. The van der Waals surface area contributed by atoms with Crippen LogP contribution in [0, 0.1) is 0 Å². The van der Waals surface area contributed by atoms with E-state index in [0.717, 1.165) is 12.2 Å². The summed E-state index contributed by atoms with van der Waals surface area (Å²) in [5, 5.41) is 5.96. The predicted molar refractivity (Wildman–Crippen MR) is 85.6 cm³/mol. The van der Waals surface area contributed by atoms with E-state index in [1.54, 1.807) is 25.0 Å². The lowest BCUT2D eigenvalue weighted by Gasteiger charge is -2.15. The van der Waals surface area contributed by atoms with Gasteiger partial charge in [-0.1, -0.05) is 13.8 Å². The lowest BCUT2D eigenvalue weighted by molar-refractivity contribution is 0.0935. The summed E-state index contributed by atoms with van der Waals surface area (Å²) < 4.78 is 0. The standard InChI is InChI=1S/C14H24N4OS/c1-9(2)13-16-8-11(15-4)12(18-13)14(19)17-10(3)6-7-20-5/h8-10,15H,6-7H2,1-5H3,(H,17,19). The summed E-state index contributed by atoms with van der Waals surface area (Å²) in [5.41, 5.74) is 1.08. The Hall–Kier alpha value is -1.30. The number of rotatable bonds is 7. The molecule has 0 fully saturated rings. The number of carbonyl (C=O) groups excluding carboxylic acids is 1. The zero-order valence-electron chi connectivity index (χ0n) is 12.9. The van der Waals surface area contributed by atoms with Gasteiger partial charge in [-0.2, -0.15) is 11.8 Å². The number of hydrogen-bond donors (Lipinski definition) is 2. The number of carbonyl (C=O) groups is 1. The lowest BCUT2D eigenvalue weighted by Crippen LogP contribution is -2.34. The molecule has 0 aliphatic rings. The van der Waals surface area contributed by atoms with E-state index in [4.69, 9.17) is 0 Å². The van der Waals surface area contributed by atoms with E-state index < -0.39 is 0 Å². The average Bonchev–Trinajstić information content (AvgIpc) is 2.44. The summed E-state index contributed by atoms with van der Waals surface area (Å²) in [5.74, 6) is 1.76. The fourth-order valence-electron chi connectivity index (χ4n) is 1.69. The maximum absolute atomic E-state index is 12.3. The normalized spacial score (nSPS) is 12.3. The van der Waals surface area contributed by atoms with Crippen molar-refractivity contribution in [3.05, 3.63) is 17.7 Å². The van der Waals surface area contributed by atoms with Crippen LogP contribution in [0.4, 0.5) is 5.69 Å². The highest BCUT2D eigenvalue weighted by molar-refractivity contribution is 7.98. The fraction of sp³-hybridized carbons (Fsp3) is 0.643. The van der Waals surface area contributed by atoms with Gasteiger partial charge >= 0.3 is 0 Å². The van der Waals surface area contributed by atoms with Gasteiger partial charge in [-0.25, -0.2) is 9.97 Å². The van der Waals surface area contributed by atoms with Gasteiger partial charge in [0, 0.05) is 19.0 Å². The Morgan fingerprint density at radius 3 is 2.65 bits per heavy atom. The highest BCUT2D eigenvalue weighted by Gasteiger charge is 2.17. The van der Waals surface area contributed by atoms with Crippen LogP contribution in [0.15, 0.2) is 6.20 Å². The number of nitrogens with one attached hydrogen (secondary N) is 2. The first-order valence-corrected chi connectivity index (χ1v) is 8.23. The van der Waals surface area contributed by atoms with Gasteiger partial charge in [-0.05, 0) is 25.4 Å². The van der Waals surface area contributed by atoms with Crippen molar-refractivity contribution in [1.29, 1.82) is 0 Å². The van der Waals surface area contributed by atoms with Crippen LogP contribution in [0.2, 0.25) is 0 Å². The highest BCUT2D eigenvalue weighted by Crippen LogP contribution is 2.16. The minimum atomic E-state index is -0.146. The Morgan fingerprint density at radius 1 is 1.40 bits per heavy atom. The second kappa shape index (κ2) is 8.09. The molecule has 0 bridgehead atoms. The molecule has 0 aliphatic carbocycles. The first kappa shape index (κ1) is 16.8. The van der Waals surface area contributed by atoms with Crippen molar-refractivity contribution in [2.24, 2.45) is 0 Å². The molecular weight excluding hydrogens is 272 g/mol. The summed E-state index contributed by atoms with van der Waals surface area (Å²) in [4.78, 5) is 21.0. The molecule has 0 spiro atoms. The minimum absolute atomic E-state index is 0.136. The minimum Gasteiger partial charge on any atom is -0.385 e. The zero-order valence-corrected chi connectivity index (χ0v) is 13.7. The van der Waals surface area contributed by atoms with E-state index in [1.807, 2.05) is 20.8 Å². The third kappa shape index (κ3) is 4.67. The molecule has 0 saturated carbocycles. The van der Waals surface area contributed by atoms with Crippen LogP contribution in [0.1, 0.15) is 49.4 Å². The topological polar surface area (TPSA) is 66.9 Å². The predicted octanol–water partition coefficient (Wildman–Crippen LogP) is 2.51. The Kier molecular flexibility index (Phi) is 6.78. The molecule has 1 aromatic rings. The van der Waals surface area contributed by atoms with Crippen LogP contribution in [0.25, 0.3) is 0 Å². The second-order valence-electron chi connectivity index (χ2n) is 5.05. The SMILES string of the molecule is CNc1cnc(C(C)C)nc1C(=O)NC(C)CCSC. The van der Waals surface area contributed by atoms with Crippen LogP contribution in [0.5, 0.6) is 0 Å². The van der Waals surface area contributed by atoms with Crippen molar-refractivity contribution in [3.63, 3.8) is 0 Å². The Morgan fingerprint density at radius 2 is 2.10 bits per heavy atom. The van der Waals surface area contributed by atoms with E-state index in [0.29, 0.717) is 17.2 Å².